The van der Waals surface area contributed by atoms with Crippen LogP contribution < -0.4 is 10.2 Å². The highest BCUT2D eigenvalue weighted by Crippen LogP contribution is 2.27. The summed E-state index contributed by atoms with van der Waals surface area (Å²) >= 11 is 0. The number of carbonyl (C=O) groups excluding carboxylic acids is 1. The van der Waals surface area contributed by atoms with Gasteiger partial charge in [-0.2, -0.15) is 0 Å². The van der Waals surface area contributed by atoms with E-state index in [1.54, 1.807) is 11.6 Å². The van der Waals surface area contributed by atoms with Gasteiger partial charge in [-0.25, -0.2) is 5.48 Å². The van der Waals surface area contributed by atoms with Crippen LogP contribution in [0.3, 0.4) is 0 Å². The molecule has 1 aliphatic heterocycles. The number of benzene rings is 2. The molecular weight excluding hydrogens is 394 g/mol. The van der Waals surface area contributed by atoms with E-state index in [4.69, 9.17) is 9.94 Å². The summed E-state index contributed by atoms with van der Waals surface area (Å²) in [7, 11) is 2.10. The molecule has 31 heavy (non-hydrogen) atoms. The number of aliphatic hydroxyl groups excluding tert-OH is 1. The average molecular weight is 428 g/mol. The first-order chi connectivity index (χ1) is 15.1. The summed E-state index contributed by atoms with van der Waals surface area (Å²) in [5.41, 5.74) is 1.59. The van der Waals surface area contributed by atoms with E-state index in [1.165, 1.54) is 6.08 Å². The van der Waals surface area contributed by atoms with Gasteiger partial charge in [0, 0.05) is 43.6 Å². The van der Waals surface area contributed by atoms with Gasteiger partial charge in [0.1, 0.15) is 12.0 Å². The normalized spacial score (nSPS) is 17.6. The zero-order chi connectivity index (χ0) is 22.1. The number of carbonyl (C=O) groups is 1. The first kappa shape index (κ1) is 23.2. The van der Waals surface area contributed by atoms with Crippen molar-refractivity contribution >= 4 is 16.7 Å². The Hall–Kier alpha value is -2.45. The van der Waals surface area contributed by atoms with E-state index < -0.39 is 12.1 Å². The second-order valence-electron chi connectivity index (χ2n) is 8.11. The fraction of sp³-hybridized carbons (Fsp3) is 0.458. The van der Waals surface area contributed by atoms with E-state index in [0.717, 1.165) is 55.5 Å². The van der Waals surface area contributed by atoms with Gasteiger partial charge in [-0.3, -0.25) is 14.9 Å². The molecule has 2 aromatic rings. The third kappa shape index (κ3) is 6.77. The molecule has 0 radical (unpaired) electrons. The molecule has 1 heterocycles. The Kier molecular flexibility index (Phi) is 8.85. The minimum atomic E-state index is -0.576. The van der Waals surface area contributed by atoms with Crippen molar-refractivity contribution in [2.75, 3.05) is 39.8 Å². The number of aliphatic hydroxyl groups is 1. The number of fused-ring (bicyclic) bond motifs is 1. The van der Waals surface area contributed by atoms with E-state index in [1.807, 2.05) is 30.3 Å². The predicted molar refractivity (Wildman–Crippen MR) is 121 cm³/mol. The molecule has 168 valence electrons. The first-order valence-electron chi connectivity index (χ1n) is 10.9. The fourth-order valence-corrected chi connectivity index (χ4v) is 3.95. The van der Waals surface area contributed by atoms with Gasteiger partial charge < -0.3 is 14.7 Å². The topological polar surface area (TPSA) is 85.3 Å². The van der Waals surface area contributed by atoms with E-state index in [9.17, 15) is 9.90 Å². The van der Waals surface area contributed by atoms with Crippen molar-refractivity contribution < 1.29 is 19.8 Å². The molecule has 0 bridgehead atoms. The summed E-state index contributed by atoms with van der Waals surface area (Å²) in [4.78, 5) is 15.5. The Balaban J connectivity index is 1.64. The van der Waals surface area contributed by atoms with Gasteiger partial charge >= 0.3 is 0 Å². The van der Waals surface area contributed by atoms with Crippen molar-refractivity contribution in [3.63, 3.8) is 0 Å². The molecule has 0 saturated carbocycles. The number of allylic oxidation sites excluding steroid dienone is 1. The van der Waals surface area contributed by atoms with Crippen molar-refractivity contribution in [2.45, 2.75) is 25.5 Å². The van der Waals surface area contributed by atoms with E-state index in [2.05, 4.69) is 29.0 Å². The van der Waals surface area contributed by atoms with Crippen molar-refractivity contribution in [3.8, 4) is 5.75 Å². The number of hydrogen-bond donors (Lipinski definition) is 3. The Labute approximate surface area is 183 Å². The Morgan fingerprint density at radius 3 is 2.68 bits per heavy atom. The maximum atomic E-state index is 11.1. The van der Waals surface area contributed by atoms with Gasteiger partial charge in [0.05, 0.1) is 6.61 Å². The fourth-order valence-electron chi connectivity index (χ4n) is 3.95. The molecule has 1 saturated heterocycles. The molecule has 0 aromatic heterocycles. The van der Waals surface area contributed by atoms with Gasteiger partial charge in [0.15, 0.2) is 0 Å². The number of unbranched alkanes of at least 4 members (excludes halogenated alkanes) is 1. The standard InChI is InChI=1S/C24H33N3O4/c1-26-14-16-27(17-15-26)24(29)20(9-3-2-4-13-23(28)25-30)18-31-22-12-7-10-19-8-5-6-11-21(19)22/h4-8,10-13,20,24,29-30H,2-3,9,14-18H2,1H3,(H,25,28)/b13-4+. The molecule has 1 aliphatic rings. The van der Waals surface area contributed by atoms with Crippen LogP contribution in [-0.4, -0.2) is 72.1 Å². The highest BCUT2D eigenvalue weighted by Gasteiger charge is 2.28. The second-order valence-corrected chi connectivity index (χ2v) is 8.11. The minimum Gasteiger partial charge on any atom is -0.492 e. The lowest BCUT2D eigenvalue weighted by Crippen LogP contribution is -2.52. The maximum absolute atomic E-state index is 11.1. The van der Waals surface area contributed by atoms with Crippen molar-refractivity contribution in [1.82, 2.24) is 15.3 Å². The molecule has 0 aliphatic carbocycles. The van der Waals surface area contributed by atoms with Crippen LogP contribution in [0.4, 0.5) is 0 Å². The molecule has 0 spiro atoms. The van der Waals surface area contributed by atoms with Gasteiger partial charge in [-0.1, -0.05) is 42.5 Å². The van der Waals surface area contributed by atoms with E-state index in [-0.39, 0.29) is 5.92 Å². The van der Waals surface area contributed by atoms with Crippen molar-refractivity contribution in [3.05, 3.63) is 54.6 Å². The highest BCUT2D eigenvalue weighted by molar-refractivity contribution is 5.88. The van der Waals surface area contributed by atoms with Crippen LogP contribution in [0.2, 0.25) is 0 Å². The largest absolute Gasteiger partial charge is 0.492 e. The lowest BCUT2D eigenvalue weighted by atomic mass is 9.99. The average Bonchev–Trinajstić information content (AvgIpc) is 2.80. The minimum absolute atomic E-state index is 0.0533. The Bertz CT molecular complexity index is 860. The van der Waals surface area contributed by atoms with Gasteiger partial charge in [-0.05, 0) is 37.8 Å². The third-order valence-electron chi connectivity index (χ3n) is 5.86. The molecule has 3 rings (SSSR count). The quantitative estimate of drug-likeness (QED) is 0.234. The molecule has 7 nitrogen and oxygen atoms in total. The number of likely N-dealkylation sites (N-methyl/N-ethyl adjacent to an activating group) is 1. The van der Waals surface area contributed by atoms with E-state index >= 15 is 0 Å². The molecule has 7 heteroatoms. The maximum Gasteiger partial charge on any atom is 0.267 e. The van der Waals surface area contributed by atoms with Crippen LogP contribution >= 0.6 is 0 Å². The number of rotatable bonds is 10. The number of nitrogens with one attached hydrogen (secondary N) is 1. The number of nitrogens with zero attached hydrogens (tertiary/aromatic N) is 2. The summed E-state index contributed by atoms with van der Waals surface area (Å²) in [6.45, 7) is 3.96. The lowest BCUT2D eigenvalue weighted by molar-refractivity contribution is -0.124. The molecule has 3 N–H and O–H groups in total. The smallest absolute Gasteiger partial charge is 0.267 e. The zero-order valence-corrected chi connectivity index (χ0v) is 18.1. The number of piperazine rings is 1. The zero-order valence-electron chi connectivity index (χ0n) is 18.1. The molecule has 2 unspecified atom stereocenters. The first-order valence-corrected chi connectivity index (χ1v) is 10.9. The van der Waals surface area contributed by atoms with Crippen LogP contribution in [-0.2, 0) is 4.79 Å². The monoisotopic (exact) mass is 427 g/mol. The van der Waals surface area contributed by atoms with E-state index in [0.29, 0.717) is 13.0 Å². The summed E-state index contributed by atoms with van der Waals surface area (Å²) < 4.78 is 6.21. The number of hydrogen-bond acceptors (Lipinski definition) is 6. The van der Waals surface area contributed by atoms with Crippen molar-refractivity contribution in [2.24, 2.45) is 5.92 Å². The molecule has 2 atom stereocenters. The molecule has 1 amide bonds. The second kappa shape index (κ2) is 11.8. The van der Waals surface area contributed by atoms with Crippen LogP contribution in [0.5, 0.6) is 5.75 Å². The highest BCUT2D eigenvalue weighted by atomic mass is 16.5. The predicted octanol–water partition coefficient (Wildman–Crippen LogP) is 2.63. The number of hydroxylamine groups is 1. The van der Waals surface area contributed by atoms with Gasteiger partial charge in [0.25, 0.3) is 5.91 Å². The van der Waals surface area contributed by atoms with Crippen LogP contribution in [0.1, 0.15) is 19.3 Å². The number of ether oxygens (including phenoxy) is 1. The molecule has 2 aromatic carbocycles. The summed E-state index contributed by atoms with van der Waals surface area (Å²) in [6.07, 6.45) is 4.74. The summed E-state index contributed by atoms with van der Waals surface area (Å²) in [5, 5.41) is 21.9. The summed E-state index contributed by atoms with van der Waals surface area (Å²) in [6, 6.07) is 14.1. The Morgan fingerprint density at radius 1 is 1.16 bits per heavy atom. The van der Waals surface area contributed by atoms with Crippen molar-refractivity contribution in [1.29, 1.82) is 0 Å². The van der Waals surface area contributed by atoms with Gasteiger partial charge in [0.2, 0.25) is 0 Å². The summed E-state index contributed by atoms with van der Waals surface area (Å²) in [5.74, 6) is 0.240. The molecule has 1 fully saturated rings. The SMILES string of the molecule is CN1CCN(C(O)C(CCC/C=C/C(=O)NO)COc2cccc3ccccc23)CC1. The van der Waals surface area contributed by atoms with Crippen LogP contribution in [0.15, 0.2) is 54.6 Å². The van der Waals surface area contributed by atoms with Crippen LogP contribution in [0.25, 0.3) is 10.8 Å². The third-order valence-corrected chi connectivity index (χ3v) is 5.86. The van der Waals surface area contributed by atoms with Gasteiger partial charge in [-0.15, -0.1) is 0 Å². The Morgan fingerprint density at radius 2 is 1.90 bits per heavy atom. The van der Waals surface area contributed by atoms with Crippen LogP contribution in [0, 0.1) is 5.92 Å². The lowest BCUT2D eigenvalue weighted by Gasteiger charge is -2.38. The molecular formula is C24H33N3O4. The number of amides is 1.